The van der Waals surface area contributed by atoms with Crippen LogP contribution < -0.4 is 5.73 Å². The van der Waals surface area contributed by atoms with Gasteiger partial charge in [0.2, 0.25) is 6.43 Å². The summed E-state index contributed by atoms with van der Waals surface area (Å²) in [5.74, 6) is 0. The molecule has 1 aromatic carbocycles. The third-order valence-corrected chi connectivity index (χ3v) is 3.32. The first-order valence-corrected chi connectivity index (χ1v) is 5.56. The van der Waals surface area contributed by atoms with Crippen LogP contribution in [0.1, 0.15) is 18.0 Å². The van der Waals surface area contributed by atoms with Crippen LogP contribution in [0.4, 0.5) is 8.78 Å². The zero-order chi connectivity index (χ0) is 10.8. The molecule has 2 aromatic rings. The monoisotopic (exact) mass is 227 g/mol. The Kier molecular flexibility index (Phi) is 2.98. The van der Waals surface area contributed by atoms with Crippen molar-refractivity contribution in [3.05, 3.63) is 35.2 Å². The number of alkyl halides is 2. The van der Waals surface area contributed by atoms with Crippen LogP contribution in [0.15, 0.2) is 29.6 Å². The topological polar surface area (TPSA) is 26.0 Å². The molecule has 0 unspecified atom stereocenters. The molecule has 1 nitrogen and oxygen atoms in total. The van der Waals surface area contributed by atoms with Gasteiger partial charge in [0.25, 0.3) is 0 Å². The van der Waals surface area contributed by atoms with Gasteiger partial charge in [0.05, 0.1) is 0 Å². The molecule has 15 heavy (non-hydrogen) atoms. The highest BCUT2D eigenvalue weighted by Gasteiger charge is 2.16. The highest BCUT2D eigenvalue weighted by atomic mass is 32.1. The molecule has 1 aromatic heterocycles. The molecule has 0 radical (unpaired) electrons. The predicted molar refractivity (Wildman–Crippen MR) is 59.4 cm³/mol. The molecule has 0 aliphatic carbocycles. The van der Waals surface area contributed by atoms with Gasteiger partial charge in [-0.1, -0.05) is 18.2 Å². The third kappa shape index (κ3) is 2.16. The van der Waals surface area contributed by atoms with Crippen molar-refractivity contribution in [2.75, 3.05) is 0 Å². The van der Waals surface area contributed by atoms with E-state index in [1.807, 2.05) is 29.6 Å². The molecule has 1 atom stereocenters. The second kappa shape index (κ2) is 4.24. The fourth-order valence-electron chi connectivity index (χ4n) is 1.60. The van der Waals surface area contributed by atoms with E-state index in [2.05, 4.69) is 0 Å². The summed E-state index contributed by atoms with van der Waals surface area (Å²) in [6.07, 6.45) is -2.63. The van der Waals surface area contributed by atoms with Gasteiger partial charge in [0.15, 0.2) is 0 Å². The van der Waals surface area contributed by atoms with Gasteiger partial charge in [0, 0.05) is 17.2 Å². The maximum Gasteiger partial charge on any atom is 0.240 e. The average molecular weight is 227 g/mol. The van der Waals surface area contributed by atoms with Crippen LogP contribution in [0.2, 0.25) is 0 Å². The van der Waals surface area contributed by atoms with Crippen molar-refractivity contribution in [1.29, 1.82) is 0 Å². The molecule has 4 heteroatoms. The van der Waals surface area contributed by atoms with E-state index in [4.69, 9.17) is 5.73 Å². The quantitative estimate of drug-likeness (QED) is 0.852. The van der Waals surface area contributed by atoms with Crippen LogP contribution in [0.25, 0.3) is 10.1 Å². The summed E-state index contributed by atoms with van der Waals surface area (Å²) >= 11 is 1.54. The van der Waals surface area contributed by atoms with Gasteiger partial charge in [-0.15, -0.1) is 11.3 Å². The zero-order valence-corrected chi connectivity index (χ0v) is 8.81. The molecule has 2 rings (SSSR count). The van der Waals surface area contributed by atoms with Gasteiger partial charge in [0.1, 0.15) is 0 Å². The van der Waals surface area contributed by atoms with E-state index in [1.54, 1.807) is 11.3 Å². The van der Waals surface area contributed by atoms with Gasteiger partial charge in [-0.05, 0) is 22.4 Å². The second-order valence-corrected chi connectivity index (χ2v) is 4.33. The lowest BCUT2D eigenvalue weighted by molar-refractivity contribution is 0.128. The van der Waals surface area contributed by atoms with Crippen LogP contribution in [0.5, 0.6) is 0 Å². The van der Waals surface area contributed by atoms with Crippen molar-refractivity contribution in [3.8, 4) is 0 Å². The summed E-state index contributed by atoms with van der Waals surface area (Å²) < 4.78 is 25.5. The first kappa shape index (κ1) is 10.5. The van der Waals surface area contributed by atoms with E-state index in [1.165, 1.54) is 0 Å². The van der Waals surface area contributed by atoms with Crippen molar-refractivity contribution >= 4 is 21.4 Å². The Hall–Kier alpha value is -1.00. The number of hydrogen-bond acceptors (Lipinski definition) is 2. The van der Waals surface area contributed by atoms with Crippen molar-refractivity contribution < 1.29 is 8.78 Å². The number of benzene rings is 1. The molecule has 0 saturated carbocycles. The van der Waals surface area contributed by atoms with Crippen LogP contribution >= 0.6 is 11.3 Å². The van der Waals surface area contributed by atoms with Crippen LogP contribution in [0.3, 0.4) is 0 Å². The fourth-order valence-corrected chi connectivity index (χ4v) is 2.63. The maximum atomic E-state index is 12.2. The third-order valence-electron chi connectivity index (χ3n) is 2.34. The van der Waals surface area contributed by atoms with E-state index >= 15 is 0 Å². The molecule has 0 spiro atoms. The van der Waals surface area contributed by atoms with Crippen molar-refractivity contribution in [1.82, 2.24) is 0 Å². The lowest BCUT2D eigenvalue weighted by Gasteiger charge is -2.09. The molecular weight excluding hydrogens is 216 g/mol. The van der Waals surface area contributed by atoms with Crippen LogP contribution in [-0.2, 0) is 0 Å². The summed E-state index contributed by atoms with van der Waals surface area (Å²) in [6, 6.07) is 7.15. The summed E-state index contributed by atoms with van der Waals surface area (Å²) in [6.45, 7) is 0. The van der Waals surface area contributed by atoms with Gasteiger partial charge in [-0.25, -0.2) is 8.78 Å². The molecule has 0 saturated heterocycles. The van der Waals surface area contributed by atoms with Crippen LogP contribution in [0, 0.1) is 0 Å². The smallest absolute Gasteiger partial charge is 0.240 e. The number of thiophene rings is 1. The molecule has 0 bridgehead atoms. The highest BCUT2D eigenvalue weighted by molar-refractivity contribution is 7.17. The number of hydrogen-bond donors (Lipinski definition) is 1. The average Bonchev–Trinajstić information content (AvgIpc) is 2.59. The number of halogens is 2. The minimum atomic E-state index is -2.35. The van der Waals surface area contributed by atoms with Crippen molar-refractivity contribution in [2.24, 2.45) is 5.73 Å². The highest BCUT2D eigenvalue weighted by Crippen LogP contribution is 2.31. The molecule has 1 heterocycles. The second-order valence-electron chi connectivity index (χ2n) is 3.42. The Bertz CT molecular complexity index is 453. The Labute approximate surface area is 90.5 Å². The van der Waals surface area contributed by atoms with E-state index in [0.717, 1.165) is 15.6 Å². The molecule has 0 aliphatic rings. The predicted octanol–water partition coefficient (Wildman–Crippen LogP) is 3.56. The lowest BCUT2D eigenvalue weighted by atomic mass is 10.0. The SMILES string of the molecule is N[C@H](CC(F)F)c1csc2ccccc12. The molecule has 0 fully saturated rings. The first-order chi connectivity index (χ1) is 7.18. The number of rotatable bonds is 3. The van der Waals surface area contributed by atoms with Crippen molar-refractivity contribution in [2.45, 2.75) is 18.9 Å². The standard InChI is InChI=1S/C11H11F2NS/c12-11(13)5-9(14)8-6-15-10-4-2-1-3-7(8)10/h1-4,6,9,11H,5,14H2/t9-/m1/s1. The van der Waals surface area contributed by atoms with E-state index in [9.17, 15) is 8.78 Å². The van der Waals surface area contributed by atoms with Gasteiger partial charge < -0.3 is 5.73 Å². The Morgan fingerprint density at radius 3 is 2.73 bits per heavy atom. The Morgan fingerprint density at radius 1 is 1.27 bits per heavy atom. The summed E-state index contributed by atoms with van der Waals surface area (Å²) in [7, 11) is 0. The molecule has 80 valence electrons. The summed E-state index contributed by atoms with van der Waals surface area (Å²) in [5.41, 5.74) is 6.56. The normalized spacial score (nSPS) is 13.6. The molecule has 2 N–H and O–H groups in total. The Balaban J connectivity index is 2.35. The Morgan fingerprint density at radius 2 is 2.00 bits per heavy atom. The minimum absolute atomic E-state index is 0.277. The largest absolute Gasteiger partial charge is 0.324 e. The number of fused-ring (bicyclic) bond motifs is 1. The summed E-state index contributed by atoms with van der Waals surface area (Å²) in [4.78, 5) is 0. The van der Waals surface area contributed by atoms with Gasteiger partial charge in [-0.3, -0.25) is 0 Å². The minimum Gasteiger partial charge on any atom is -0.324 e. The van der Waals surface area contributed by atoms with Gasteiger partial charge >= 0.3 is 0 Å². The van der Waals surface area contributed by atoms with E-state index in [-0.39, 0.29) is 6.42 Å². The van der Waals surface area contributed by atoms with Crippen molar-refractivity contribution in [3.63, 3.8) is 0 Å². The molecular formula is C11H11F2NS. The number of nitrogens with two attached hydrogens (primary N) is 1. The first-order valence-electron chi connectivity index (χ1n) is 4.68. The van der Waals surface area contributed by atoms with E-state index in [0.29, 0.717) is 0 Å². The lowest BCUT2D eigenvalue weighted by Crippen LogP contribution is -2.13. The van der Waals surface area contributed by atoms with Gasteiger partial charge in [-0.2, -0.15) is 0 Å². The molecule has 0 aliphatic heterocycles. The summed E-state index contributed by atoms with van der Waals surface area (Å²) in [5, 5.41) is 2.87. The fraction of sp³-hybridized carbons (Fsp3) is 0.273. The maximum absolute atomic E-state index is 12.2. The van der Waals surface area contributed by atoms with E-state index < -0.39 is 12.5 Å². The zero-order valence-electron chi connectivity index (χ0n) is 7.99. The van der Waals surface area contributed by atoms with Crippen LogP contribution in [-0.4, -0.2) is 6.43 Å². The molecule has 0 amide bonds.